The topological polar surface area (TPSA) is 189 Å². The Balaban J connectivity index is 2.61. The van der Waals surface area contributed by atoms with Crippen LogP contribution in [-0.2, 0) is 30.5 Å². The van der Waals surface area contributed by atoms with Crippen LogP contribution in [0, 0.1) is 0 Å². The number of rotatable bonds is 17. The third-order valence-corrected chi connectivity index (χ3v) is 5.02. The van der Waals surface area contributed by atoms with E-state index in [1.54, 1.807) is 24.3 Å². The molecule has 36 heavy (non-hydrogen) atoms. The number of ether oxygens (including phenoxy) is 1. The van der Waals surface area contributed by atoms with Crippen LogP contribution in [0.4, 0.5) is 10.5 Å². The Morgan fingerprint density at radius 1 is 0.972 bits per heavy atom. The molecule has 0 aliphatic carbocycles. The predicted molar refractivity (Wildman–Crippen MR) is 132 cm³/mol. The number of carbonyl (C=O) groups is 5. The van der Waals surface area contributed by atoms with Crippen LogP contribution in [0.3, 0.4) is 0 Å². The highest BCUT2D eigenvalue weighted by molar-refractivity contribution is 5.94. The van der Waals surface area contributed by atoms with Crippen molar-refractivity contribution in [2.24, 2.45) is 5.73 Å². The Bertz CT molecular complexity index is 876. The summed E-state index contributed by atoms with van der Waals surface area (Å²) in [5.41, 5.74) is 6.31. The van der Waals surface area contributed by atoms with Crippen molar-refractivity contribution in [3.05, 3.63) is 29.8 Å². The molecule has 0 aliphatic rings. The van der Waals surface area contributed by atoms with Crippen molar-refractivity contribution in [2.45, 2.75) is 71.2 Å². The fraction of sp³-hybridized carbons (Fsp3) is 0.542. The van der Waals surface area contributed by atoms with Gasteiger partial charge in [0.2, 0.25) is 11.8 Å². The standard InChI is InChI=1S/C24H37N5O7/c1-16(30)6-3-4-8-21(32)27-14-22(33)29-20(7-5-13-26-24(25)35)23(34)28-19-11-9-18(10-12-19)15-36-17(2)31/h9-12,20,22,29,33H,3-8,13-15H2,1-2H3,(H,27,32)(H,28,34)(H3,25,26,35)/t20-,22?/m0/s1. The Morgan fingerprint density at radius 3 is 2.25 bits per heavy atom. The minimum absolute atomic E-state index is 0.0725. The van der Waals surface area contributed by atoms with E-state index in [4.69, 9.17) is 10.5 Å². The molecule has 1 aromatic carbocycles. The van der Waals surface area contributed by atoms with Gasteiger partial charge in [-0.3, -0.25) is 19.7 Å². The Morgan fingerprint density at radius 2 is 1.64 bits per heavy atom. The smallest absolute Gasteiger partial charge is 0.312 e. The fourth-order valence-corrected chi connectivity index (χ4v) is 3.16. The molecule has 1 unspecified atom stereocenters. The molecule has 200 valence electrons. The SMILES string of the molecule is CC(=O)CCCCC(=O)NCC(O)N[C@@H](CCCNC(N)=O)C(=O)Nc1ccc(COC(C)=O)cc1. The number of hydrogen-bond donors (Lipinski definition) is 6. The highest BCUT2D eigenvalue weighted by Gasteiger charge is 2.21. The molecule has 12 nitrogen and oxygen atoms in total. The number of aliphatic hydroxyl groups is 1. The number of urea groups is 1. The molecule has 0 spiro atoms. The highest BCUT2D eigenvalue weighted by atomic mass is 16.5. The average molecular weight is 508 g/mol. The molecule has 12 heteroatoms. The van der Waals surface area contributed by atoms with Gasteiger partial charge in [-0.2, -0.15) is 0 Å². The molecule has 0 aromatic heterocycles. The van der Waals surface area contributed by atoms with Crippen LogP contribution in [0.1, 0.15) is 57.9 Å². The maximum Gasteiger partial charge on any atom is 0.312 e. The number of nitrogens with one attached hydrogen (secondary N) is 4. The van der Waals surface area contributed by atoms with Gasteiger partial charge in [0, 0.05) is 32.0 Å². The van der Waals surface area contributed by atoms with Gasteiger partial charge in [0.15, 0.2) is 0 Å². The summed E-state index contributed by atoms with van der Waals surface area (Å²) in [6.45, 7) is 3.07. The third-order valence-electron chi connectivity index (χ3n) is 5.02. The molecule has 0 saturated heterocycles. The summed E-state index contributed by atoms with van der Waals surface area (Å²) in [4.78, 5) is 57.6. The highest BCUT2D eigenvalue weighted by Crippen LogP contribution is 2.12. The first kappa shape index (κ1) is 30.5. The number of anilines is 1. The molecule has 0 fully saturated rings. The second kappa shape index (κ2) is 17.0. The summed E-state index contributed by atoms with van der Waals surface area (Å²) in [6, 6.07) is 5.22. The number of carbonyl (C=O) groups excluding carboxylic acids is 5. The Hall–Kier alpha value is -3.51. The van der Waals surface area contributed by atoms with Gasteiger partial charge in [-0.05, 0) is 50.3 Å². The number of benzene rings is 1. The molecular weight excluding hydrogens is 470 g/mol. The minimum Gasteiger partial charge on any atom is -0.461 e. The van der Waals surface area contributed by atoms with E-state index in [1.165, 1.54) is 13.8 Å². The van der Waals surface area contributed by atoms with Crippen molar-refractivity contribution in [3.8, 4) is 0 Å². The number of aliphatic hydroxyl groups excluding tert-OH is 1. The molecule has 2 atom stereocenters. The minimum atomic E-state index is -1.20. The van der Waals surface area contributed by atoms with E-state index in [2.05, 4.69) is 21.3 Å². The van der Waals surface area contributed by atoms with E-state index in [0.29, 0.717) is 31.4 Å². The summed E-state index contributed by atoms with van der Waals surface area (Å²) in [5, 5.41) is 20.9. The van der Waals surface area contributed by atoms with E-state index >= 15 is 0 Å². The average Bonchev–Trinajstić information content (AvgIpc) is 2.81. The first-order valence-electron chi connectivity index (χ1n) is 11.8. The lowest BCUT2D eigenvalue weighted by molar-refractivity contribution is -0.142. The van der Waals surface area contributed by atoms with Crippen LogP contribution in [0.2, 0.25) is 0 Å². The van der Waals surface area contributed by atoms with E-state index in [9.17, 15) is 29.1 Å². The van der Waals surface area contributed by atoms with Gasteiger partial charge in [0.05, 0.1) is 12.6 Å². The molecule has 0 saturated carbocycles. The Kier molecular flexibility index (Phi) is 14.4. The third kappa shape index (κ3) is 14.7. The molecular formula is C24H37N5O7. The van der Waals surface area contributed by atoms with Crippen LogP contribution in [0.15, 0.2) is 24.3 Å². The van der Waals surface area contributed by atoms with Gasteiger partial charge in [0.25, 0.3) is 0 Å². The van der Waals surface area contributed by atoms with E-state index in [0.717, 1.165) is 5.56 Å². The molecule has 1 rings (SSSR count). The Labute approximate surface area is 210 Å². The predicted octanol–water partition coefficient (Wildman–Crippen LogP) is 0.679. The van der Waals surface area contributed by atoms with Crippen LogP contribution in [-0.4, -0.2) is 60.1 Å². The number of hydrogen-bond acceptors (Lipinski definition) is 8. The van der Waals surface area contributed by atoms with Gasteiger partial charge >= 0.3 is 12.0 Å². The monoisotopic (exact) mass is 507 g/mol. The molecule has 1 aromatic rings. The number of unbranched alkanes of at least 4 members (excludes halogenated alkanes) is 1. The molecule has 0 heterocycles. The number of amides is 4. The van der Waals surface area contributed by atoms with Crippen molar-refractivity contribution in [1.29, 1.82) is 0 Å². The zero-order valence-electron chi connectivity index (χ0n) is 20.8. The molecule has 0 radical (unpaired) electrons. The van der Waals surface area contributed by atoms with E-state index in [-0.39, 0.29) is 44.2 Å². The van der Waals surface area contributed by atoms with Crippen molar-refractivity contribution in [1.82, 2.24) is 16.0 Å². The zero-order chi connectivity index (χ0) is 26.9. The maximum absolute atomic E-state index is 12.9. The maximum atomic E-state index is 12.9. The normalized spacial score (nSPS) is 12.2. The second-order valence-corrected chi connectivity index (χ2v) is 8.35. The van der Waals surface area contributed by atoms with E-state index in [1.807, 2.05) is 0 Å². The quantitative estimate of drug-likeness (QED) is 0.101. The van der Waals surface area contributed by atoms with Crippen LogP contribution in [0.5, 0.6) is 0 Å². The van der Waals surface area contributed by atoms with Gasteiger partial charge in [-0.15, -0.1) is 0 Å². The fourth-order valence-electron chi connectivity index (χ4n) is 3.16. The summed E-state index contributed by atoms with van der Waals surface area (Å²) in [5.74, 6) is -1.01. The lowest BCUT2D eigenvalue weighted by Crippen LogP contribution is -2.50. The van der Waals surface area contributed by atoms with Gasteiger partial charge in [-0.25, -0.2) is 4.79 Å². The zero-order valence-corrected chi connectivity index (χ0v) is 20.8. The number of nitrogens with two attached hydrogens (primary N) is 1. The first-order valence-corrected chi connectivity index (χ1v) is 11.8. The van der Waals surface area contributed by atoms with Crippen molar-refractivity contribution in [2.75, 3.05) is 18.4 Å². The van der Waals surface area contributed by atoms with Crippen LogP contribution < -0.4 is 27.0 Å². The molecule has 4 amide bonds. The van der Waals surface area contributed by atoms with Gasteiger partial charge < -0.3 is 36.3 Å². The molecule has 0 bridgehead atoms. The number of Topliss-reactive ketones (excluding diaryl/α,β-unsaturated/α-hetero) is 1. The second-order valence-electron chi connectivity index (χ2n) is 8.35. The summed E-state index contributed by atoms with van der Waals surface area (Å²) in [6.07, 6.45) is 1.32. The number of primary amides is 1. The summed E-state index contributed by atoms with van der Waals surface area (Å²) >= 11 is 0. The van der Waals surface area contributed by atoms with E-state index < -0.39 is 30.2 Å². The van der Waals surface area contributed by atoms with Crippen molar-refractivity contribution < 1.29 is 33.8 Å². The van der Waals surface area contributed by atoms with Crippen molar-refractivity contribution in [3.63, 3.8) is 0 Å². The number of ketones is 1. The van der Waals surface area contributed by atoms with Gasteiger partial charge in [0.1, 0.15) is 18.6 Å². The first-order chi connectivity index (χ1) is 17.1. The summed E-state index contributed by atoms with van der Waals surface area (Å²) in [7, 11) is 0. The molecule has 7 N–H and O–H groups in total. The lowest BCUT2D eigenvalue weighted by atomic mass is 10.1. The van der Waals surface area contributed by atoms with Gasteiger partial charge in [-0.1, -0.05) is 12.1 Å². The van der Waals surface area contributed by atoms with Crippen LogP contribution in [0.25, 0.3) is 0 Å². The van der Waals surface area contributed by atoms with Crippen LogP contribution >= 0.6 is 0 Å². The summed E-state index contributed by atoms with van der Waals surface area (Å²) < 4.78 is 4.93. The van der Waals surface area contributed by atoms with Crippen molar-refractivity contribution >= 4 is 35.3 Å². The lowest BCUT2D eigenvalue weighted by Gasteiger charge is -2.22. The number of esters is 1. The largest absolute Gasteiger partial charge is 0.461 e. The molecule has 0 aliphatic heterocycles.